The molecular weight excluding hydrogens is 443 g/mol. The Balaban J connectivity index is 1.27. The molecule has 9 heteroatoms. The minimum absolute atomic E-state index is 0.167. The molecule has 1 saturated carbocycles. The van der Waals surface area contributed by atoms with E-state index in [-0.39, 0.29) is 17.7 Å². The molecule has 1 aliphatic heterocycles. The molecule has 3 aromatic heterocycles. The van der Waals surface area contributed by atoms with Gasteiger partial charge in [0.2, 0.25) is 5.91 Å². The average molecular weight is 471 g/mol. The highest BCUT2D eigenvalue weighted by atomic mass is 35.5. The molecule has 0 radical (unpaired) electrons. The molecule has 2 fully saturated rings. The van der Waals surface area contributed by atoms with Crippen molar-refractivity contribution in [3.05, 3.63) is 35.5 Å². The lowest BCUT2D eigenvalue weighted by Gasteiger charge is -2.36. The molecule has 0 spiro atoms. The Labute approximate surface area is 197 Å². The van der Waals surface area contributed by atoms with Crippen LogP contribution in [-0.2, 0) is 4.79 Å². The second-order valence-corrected chi connectivity index (χ2v) is 9.59. The quantitative estimate of drug-likeness (QED) is 0.545. The predicted octanol–water partition coefficient (Wildman–Crippen LogP) is 5.04. The largest absolute Gasteiger partial charge is 0.367 e. The van der Waals surface area contributed by atoms with Crippen LogP contribution in [0.25, 0.3) is 22.4 Å². The first kappa shape index (κ1) is 22.1. The molecule has 1 aliphatic carbocycles. The summed E-state index contributed by atoms with van der Waals surface area (Å²) in [6.07, 6.45) is 12.1. The molecule has 33 heavy (non-hydrogen) atoms. The summed E-state index contributed by atoms with van der Waals surface area (Å²) >= 11 is 6.09. The van der Waals surface area contributed by atoms with Crippen LogP contribution < -0.4 is 5.32 Å². The number of H-pyrrole nitrogens is 1. The van der Waals surface area contributed by atoms with Crippen molar-refractivity contribution in [2.24, 2.45) is 11.8 Å². The van der Waals surface area contributed by atoms with Gasteiger partial charge in [-0.25, -0.2) is 19.3 Å². The molecule has 2 N–H and O–H groups in total. The molecule has 3 aromatic rings. The molecule has 1 atom stereocenters. The van der Waals surface area contributed by atoms with E-state index in [4.69, 9.17) is 11.6 Å². The number of aromatic amines is 1. The highest BCUT2D eigenvalue weighted by Crippen LogP contribution is 2.29. The number of pyridine rings is 1. The van der Waals surface area contributed by atoms with E-state index in [1.807, 2.05) is 4.90 Å². The van der Waals surface area contributed by atoms with Crippen molar-refractivity contribution in [1.29, 1.82) is 0 Å². The average Bonchev–Trinajstić information content (AvgIpc) is 3.27. The first-order valence-corrected chi connectivity index (χ1v) is 12.1. The number of piperidine rings is 1. The molecule has 1 amide bonds. The first-order chi connectivity index (χ1) is 16.1. The zero-order valence-corrected chi connectivity index (χ0v) is 19.2. The van der Waals surface area contributed by atoms with Crippen molar-refractivity contribution in [3.8, 4) is 11.4 Å². The van der Waals surface area contributed by atoms with Gasteiger partial charge in [0.05, 0.1) is 11.2 Å². The fraction of sp³-hybridized carbons (Fsp3) is 0.500. The summed E-state index contributed by atoms with van der Waals surface area (Å²) in [4.78, 5) is 30.9. The second-order valence-electron chi connectivity index (χ2n) is 9.15. The molecule has 174 valence electrons. The molecule has 0 bridgehead atoms. The maximum absolute atomic E-state index is 14.5. The van der Waals surface area contributed by atoms with Gasteiger partial charge in [0, 0.05) is 48.9 Å². The third kappa shape index (κ3) is 4.81. The summed E-state index contributed by atoms with van der Waals surface area (Å²) in [7, 11) is 0. The van der Waals surface area contributed by atoms with Crippen LogP contribution in [0.3, 0.4) is 0 Å². The van der Waals surface area contributed by atoms with Gasteiger partial charge in [-0.1, -0.05) is 30.9 Å². The Bertz CT molecular complexity index is 1150. The zero-order valence-electron chi connectivity index (χ0n) is 18.5. The van der Waals surface area contributed by atoms with Crippen molar-refractivity contribution in [2.75, 3.05) is 25.0 Å². The van der Waals surface area contributed by atoms with Crippen LogP contribution in [0, 0.1) is 17.7 Å². The van der Waals surface area contributed by atoms with Crippen LogP contribution in [0.15, 0.2) is 24.7 Å². The number of carbonyl (C=O) groups excluding carboxylic acids is 1. The fourth-order valence-corrected chi connectivity index (χ4v) is 5.22. The molecule has 4 heterocycles. The van der Waals surface area contributed by atoms with Crippen molar-refractivity contribution in [1.82, 2.24) is 24.8 Å². The summed E-state index contributed by atoms with van der Waals surface area (Å²) in [6.45, 7) is 2.10. The van der Waals surface area contributed by atoms with Crippen LogP contribution >= 0.6 is 11.6 Å². The van der Waals surface area contributed by atoms with Crippen LogP contribution in [0.1, 0.15) is 44.9 Å². The minimum atomic E-state index is -0.499. The van der Waals surface area contributed by atoms with Gasteiger partial charge in [-0.3, -0.25) is 4.79 Å². The highest BCUT2D eigenvalue weighted by molar-refractivity contribution is 6.31. The van der Waals surface area contributed by atoms with Gasteiger partial charge in [0.15, 0.2) is 17.5 Å². The van der Waals surface area contributed by atoms with Gasteiger partial charge in [-0.15, -0.1) is 0 Å². The molecule has 5 rings (SSSR count). The van der Waals surface area contributed by atoms with E-state index < -0.39 is 5.82 Å². The number of halogens is 2. The lowest BCUT2D eigenvalue weighted by atomic mass is 9.87. The number of fused-ring (bicyclic) bond motifs is 1. The Morgan fingerprint density at radius 2 is 2.03 bits per heavy atom. The van der Waals surface area contributed by atoms with Crippen molar-refractivity contribution in [3.63, 3.8) is 0 Å². The molecule has 7 nitrogen and oxygen atoms in total. The zero-order chi connectivity index (χ0) is 22.8. The van der Waals surface area contributed by atoms with Gasteiger partial charge in [-0.05, 0) is 37.7 Å². The van der Waals surface area contributed by atoms with Crippen LogP contribution in [0.5, 0.6) is 0 Å². The molecule has 1 saturated heterocycles. The van der Waals surface area contributed by atoms with Crippen LogP contribution in [0.2, 0.25) is 5.02 Å². The molecule has 2 aliphatic rings. The maximum Gasteiger partial charge on any atom is 0.225 e. The Morgan fingerprint density at radius 3 is 2.88 bits per heavy atom. The fourth-order valence-electron chi connectivity index (χ4n) is 5.06. The number of hydrogen-bond acceptors (Lipinski definition) is 5. The van der Waals surface area contributed by atoms with E-state index in [0.29, 0.717) is 41.1 Å². The normalized spacial score (nSPS) is 19.7. The summed E-state index contributed by atoms with van der Waals surface area (Å²) in [6, 6.07) is 1.79. The Morgan fingerprint density at radius 1 is 1.18 bits per heavy atom. The van der Waals surface area contributed by atoms with E-state index in [0.717, 1.165) is 50.5 Å². The second kappa shape index (κ2) is 9.63. The van der Waals surface area contributed by atoms with Gasteiger partial charge in [-0.2, -0.15) is 0 Å². The smallest absolute Gasteiger partial charge is 0.225 e. The first-order valence-electron chi connectivity index (χ1n) is 11.8. The summed E-state index contributed by atoms with van der Waals surface area (Å²) in [5.41, 5.74) is 1.38. The number of likely N-dealkylation sites (tertiary alicyclic amines) is 1. The van der Waals surface area contributed by atoms with Crippen LogP contribution in [0.4, 0.5) is 10.2 Å². The van der Waals surface area contributed by atoms with Crippen LogP contribution in [-0.4, -0.2) is 50.4 Å². The lowest BCUT2D eigenvalue weighted by Crippen LogP contribution is -2.44. The molecular formula is C24H28ClFN6O. The summed E-state index contributed by atoms with van der Waals surface area (Å²) in [5, 5.41) is 4.46. The number of aromatic nitrogens is 4. The number of rotatable bonds is 5. The minimum Gasteiger partial charge on any atom is -0.367 e. The van der Waals surface area contributed by atoms with Gasteiger partial charge >= 0.3 is 0 Å². The number of hydrogen-bond donors (Lipinski definition) is 2. The van der Waals surface area contributed by atoms with Crippen molar-refractivity contribution < 1.29 is 9.18 Å². The lowest BCUT2D eigenvalue weighted by molar-refractivity contribution is -0.138. The van der Waals surface area contributed by atoms with Gasteiger partial charge in [0.25, 0.3) is 0 Å². The van der Waals surface area contributed by atoms with E-state index in [1.165, 1.54) is 12.6 Å². The number of amides is 1. The Hall–Kier alpha value is -2.74. The number of anilines is 1. The standard InChI is InChI=1S/C24H28ClFN6O/c25-17-9-18-19(12-29-21(18)28-11-17)22-30-13-20(26)23(31-22)27-10-15-5-4-8-32(14-15)24(33)16-6-2-1-3-7-16/h9,11-13,15-16H,1-8,10,14H2,(H,28,29)(H,27,30,31)/t15-/m0/s1. The summed E-state index contributed by atoms with van der Waals surface area (Å²) < 4.78 is 14.5. The topological polar surface area (TPSA) is 86.8 Å². The van der Waals surface area contributed by atoms with E-state index in [2.05, 4.69) is 25.3 Å². The number of nitrogens with zero attached hydrogens (tertiary/aromatic N) is 4. The van der Waals surface area contributed by atoms with E-state index in [1.54, 1.807) is 18.5 Å². The number of nitrogens with one attached hydrogen (secondary N) is 2. The predicted molar refractivity (Wildman–Crippen MR) is 126 cm³/mol. The highest BCUT2D eigenvalue weighted by Gasteiger charge is 2.29. The third-order valence-corrected chi connectivity index (χ3v) is 7.03. The van der Waals surface area contributed by atoms with Gasteiger partial charge < -0.3 is 15.2 Å². The maximum atomic E-state index is 14.5. The monoisotopic (exact) mass is 470 g/mol. The Kier molecular flexibility index (Phi) is 6.44. The van der Waals surface area contributed by atoms with Crippen molar-refractivity contribution in [2.45, 2.75) is 44.9 Å². The molecule has 0 aromatic carbocycles. The third-order valence-electron chi connectivity index (χ3n) is 6.83. The van der Waals surface area contributed by atoms with Crippen molar-refractivity contribution >= 4 is 34.4 Å². The van der Waals surface area contributed by atoms with Gasteiger partial charge in [0.1, 0.15) is 5.65 Å². The summed E-state index contributed by atoms with van der Waals surface area (Å²) in [5.74, 6) is 0.820. The van der Waals surface area contributed by atoms with E-state index in [9.17, 15) is 9.18 Å². The molecule has 0 unspecified atom stereocenters. The van der Waals surface area contributed by atoms with E-state index >= 15 is 0 Å². The SMILES string of the molecule is O=C(C1CCCCC1)N1CCC[C@@H](CNc2nc(-c3c[nH]c4ncc(Cl)cc34)ncc2F)C1. The number of carbonyl (C=O) groups is 1.